The first-order valence-corrected chi connectivity index (χ1v) is 21.7. The molecule has 0 aliphatic rings. The van der Waals surface area contributed by atoms with Crippen LogP contribution >= 0.6 is 11.3 Å². The van der Waals surface area contributed by atoms with E-state index in [-0.39, 0.29) is 0 Å². The molecule has 0 atom stereocenters. The number of fused-ring (bicyclic) bond motifs is 7. The van der Waals surface area contributed by atoms with Gasteiger partial charge < -0.3 is 4.57 Å². The van der Waals surface area contributed by atoms with Crippen LogP contribution in [0.1, 0.15) is 0 Å². The Bertz CT molecular complexity index is 3560. The van der Waals surface area contributed by atoms with Crippen LogP contribution < -0.4 is 0 Å². The average molecular weight is 809 g/mol. The molecule has 0 saturated carbocycles. The van der Waals surface area contributed by atoms with Crippen molar-refractivity contribution >= 4 is 53.3 Å². The highest BCUT2D eigenvalue weighted by Gasteiger charge is 2.21. The summed E-state index contributed by atoms with van der Waals surface area (Å²) in [5.41, 5.74) is 14.6. The van der Waals surface area contributed by atoms with Gasteiger partial charge in [0.25, 0.3) is 0 Å². The highest BCUT2D eigenvalue weighted by molar-refractivity contribution is 7.27. The summed E-state index contributed by atoms with van der Waals surface area (Å²) in [7, 11) is 0. The second-order valence-electron chi connectivity index (χ2n) is 15.6. The Labute approximate surface area is 362 Å². The summed E-state index contributed by atoms with van der Waals surface area (Å²) in [6.07, 6.45) is 1.64. The molecule has 0 amide bonds. The number of aromatic nitrogens is 4. The van der Waals surface area contributed by atoms with E-state index >= 15 is 0 Å². The Morgan fingerprint density at radius 3 is 1.61 bits per heavy atom. The van der Waals surface area contributed by atoms with E-state index in [1.807, 2.05) is 41.7 Å². The maximum atomic E-state index is 5.18. The lowest BCUT2D eigenvalue weighted by atomic mass is 9.90. The van der Waals surface area contributed by atoms with Gasteiger partial charge in [-0.15, -0.1) is 11.3 Å². The molecule has 0 saturated heterocycles. The SMILES string of the molecule is c1ccc(-c2cc(-c3ccccc3)cc(-c3ccc(-c4cccc5c4sc4c5ccc5c6ccccc6n(-c6ccccc6)c54)c(-c4ncnc(-c5ccccc5)n4)c3)c2)cc1. The summed E-state index contributed by atoms with van der Waals surface area (Å²) in [6.45, 7) is 0. The van der Waals surface area contributed by atoms with E-state index in [1.165, 1.54) is 53.1 Å². The predicted molar refractivity (Wildman–Crippen MR) is 260 cm³/mol. The molecule has 12 aromatic rings. The van der Waals surface area contributed by atoms with Gasteiger partial charge in [0.1, 0.15) is 6.33 Å². The highest BCUT2D eigenvalue weighted by Crippen LogP contribution is 2.47. The summed E-state index contributed by atoms with van der Waals surface area (Å²) in [4.78, 5) is 14.7. The lowest BCUT2D eigenvalue weighted by Gasteiger charge is -2.15. The molecule has 0 bridgehead atoms. The predicted octanol–water partition coefficient (Wildman–Crippen LogP) is 15.3. The molecule has 0 aliphatic heterocycles. The van der Waals surface area contributed by atoms with Crippen LogP contribution in [-0.4, -0.2) is 19.5 Å². The number of para-hydroxylation sites is 2. The standard InChI is InChI=1S/C57H36N4S/c1-5-16-37(17-6-1)41-32-42(38-18-7-2-8-19-38)34-43(33-41)40-28-29-45(51(35-40)57-59-36-58-56(60-57)39-20-9-3-10-21-39)48-25-15-26-49-50-31-30-47-46-24-13-14-27-52(46)61(44-22-11-4-12-23-44)53(47)55(50)62-54(48)49/h1-36H. The van der Waals surface area contributed by atoms with Gasteiger partial charge in [-0.25, -0.2) is 15.0 Å². The Morgan fingerprint density at radius 1 is 0.339 bits per heavy atom. The van der Waals surface area contributed by atoms with E-state index < -0.39 is 0 Å². The third-order valence-corrected chi connectivity index (χ3v) is 13.2. The molecule has 3 aromatic heterocycles. The monoisotopic (exact) mass is 808 g/mol. The molecule has 3 heterocycles. The zero-order valence-electron chi connectivity index (χ0n) is 33.5. The molecule has 62 heavy (non-hydrogen) atoms. The topological polar surface area (TPSA) is 43.6 Å². The van der Waals surface area contributed by atoms with Gasteiger partial charge in [-0.2, -0.15) is 0 Å². The van der Waals surface area contributed by atoms with Gasteiger partial charge in [0, 0.05) is 48.6 Å². The number of hydrogen-bond donors (Lipinski definition) is 0. The molecule has 0 aliphatic carbocycles. The molecule has 4 nitrogen and oxygen atoms in total. The fourth-order valence-electron chi connectivity index (χ4n) is 9.05. The second-order valence-corrected chi connectivity index (χ2v) is 16.6. The molecule has 12 rings (SSSR count). The fraction of sp³-hybridized carbons (Fsp3) is 0. The molecule has 0 fully saturated rings. The van der Waals surface area contributed by atoms with Crippen LogP contribution in [-0.2, 0) is 0 Å². The molecule has 0 unspecified atom stereocenters. The zero-order chi connectivity index (χ0) is 41.0. The summed E-state index contributed by atoms with van der Waals surface area (Å²) in [5.74, 6) is 1.27. The molecule has 0 N–H and O–H groups in total. The third-order valence-electron chi connectivity index (χ3n) is 11.9. The van der Waals surface area contributed by atoms with Crippen molar-refractivity contribution in [3.8, 4) is 73.0 Å². The van der Waals surface area contributed by atoms with Crippen LogP contribution in [0.15, 0.2) is 219 Å². The Morgan fingerprint density at radius 2 is 0.903 bits per heavy atom. The van der Waals surface area contributed by atoms with Crippen molar-refractivity contribution in [1.82, 2.24) is 19.5 Å². The van der Waals surface area contributed by atoms with Gasteiger partial charge in [-0.1, -0.05) is 170 Å². The molecule has 0 radical (unpaired) electrons. The minimum Gasteiger partial charge on any atom is -0.308 e. The molecule has 9 aromatic carbocycles. The number of benzene rings is 9. The second kappa shape index (κ2) is 14.9. The van der Waals surface area contributed by atoms with Gasteiger partial charge >= 0.3 is 0 Å². The molecule has 0 spiro atoms. The quantitative estimate of drug-likeness (QED) is 0.161. The van der Waals surface area contributed by atoms with E-state index in [1.54, 1.807) is 6.33 Å². The van der Waals surface area contributed by atoms with Crippen molar-refractivity contribution in [2.75, 3.05) is 0 Å². The van der Waals surface area contributed by atoms with Crippen molar-refractivity contribution < 1.29 is 0 Å². The summed E-state index contributed by atoms with van der Waals surface area (Å²) < 4.78 is 4.93. The van der Waals surface area contributed by atoms with Gasteiger partial charge in [0.2, 0.25) is 0 Å². The van der Waals surface area contributed by atoms with Crippen LogP contribution in [0, 0.1) is 0 Å². The van der Waals surface area contributed by atoms with Gasteiger partial charge in [-0.05, 0) is 81.4 Å². The molecule has 5 heteroatoms. The van der Waals surface area contributed by atoms with E-state index in [0.717, 1.165) is 50.2 Å². The number of thiophene rings is 1. The largest absolute Gasteiger partial charge is 0.308 e. The molecular formula is C57H36N4S. The third kappa shape index (κ3) is 6.09. The van der Waals surface area contributed by atoms with E-state index in [4.69, 9.17) is 9.97 Å². The Balaban J connectivity index is 1.11. The van der Waals surface area contributed by atoms with Crippen molar-refractivity contribution in [1.29, 1.82) is 0 Å². The van der Waals surface area contributed by atoms with Crippen molar-refractivity contribution in [3.05, 3.63) is 219 Å². The summed E-state index contributed by atoms with van der Waals surface area (Å²) in [6, 6.07) is 75.9. The van der Waals surface area contributed by atoms with Crippen LogP contribution in [0.5, 0.6) is 0 Å². The van der Waals surface area contributed by atoms with E-state index in [0.29, 0.717) is 11.6 Å². The average Bonchev–Trinajstić information content (AvgIpc) is 3.91. The first-order chi connectivity index (χ1) is 30.7. The van der Waals surface area contributed by atoms with Gasteiger partial charge in [0.05, 0.1) is 15.7 Å². The van der Waals surface area contributed by atoms with Crippen molar-refractivity contribution in [3.63, 3.8) is 0 Å². The minimum absolute atomic E-state index is 0.628. The molecule has 290 valence electrons. The van der Waals surface area contributed by atoms with Gasteiger partial charge in [-0.3, -0.25) is 0 Å². The van der Waals surface area contributed by atoms with Crippen LogP contribution in [0.4, 0.5) is 0 Å². The van der Waals surface area contributed by atoms with Gasteiger partial charge in [0.15, 0.2) is 11.6 Å². The number of nitrogens with zero attached hydrogens (tertiary/aromatic N) is 4. The fourth-order valence-corrected chi connectivity index (χ4v) is 10.4. The van der Waals surface area contributed by atoms with Crippen molar-refractivity contribution in [2.45, 2.75) is 0 Å². The lowest BCUT2D eigenvalue weighted by Crippen LogP contribution is -1.97. The maximum absolute atomic E-state index is 5.18. The zero-order valence-corrected chi connectivity index (χ0v) is 34.3. The minimum atomic E-state index is 0.628. The summed E-state index contributed by atoms with van der Waals surface area (Å²) >= 11 is 1.87. The Hall–Kier alpha value is -7.99. The smallest absolute Gasteiger partial charge is 0.164 e. The Kier molecular flexibility index (Phi) is 8.65. The van der Waals surface area contributed by atoms with Crippen molar-refractivity contribution in [2.24, 2.45) is 0 Å². The van der Waals surface area contributed by atoms with E-state index in [2.05, 4.69) is 192 Å². The maximum Gasteiger partial charge on any atom is 0.164 e. The van der Waals surface area contributed by atoms with Crippen LogP contribution in [0.25, 0.3) is 115 Å². The lowest BCUT2D eigenvalue weighted by molar-refractivity contribution is 1.07. The normalized spacial score (nSPS) is 11.5. The first-order valence-electron chi connectivity index (χ1n) is 20.8. The highest BCUT2D eigenvalue weighted by atomic mass is 32.1. The number of hydrogen-bond acceptors (Lipinski definition) is 4. The first kappa shape index (κ1) is 35.9. The number of rotatable bonds is 7. The van der Waals surface area contributed by atoms with Crippen LogP contribution in [0.3, 0.4) is 0 Å². The van der Waals surface area contributed by atoms with Crippen LogP contribution in [0.2, 0.25) is 0 Å². The molecular weight excluding hydrogens is 773 g/mol. The van der Waals surface area contributed by atoms with E-state index in [9.17, 15) is 0 Å². The summed E-state index contributed by atoms with van der Waals surface area (Å²) in [5, 5.41) is 4.98.